The van der Waals surface area contributed by atoms with E-state index in [0.29, 0.717) is 11.3 Å². The molecule has 2 aromatic heterocycles. The second kappa shape index (κ2) is 5.30. The first-order chi connectivity index (χ1) is 10.5. The predicted octanol–water partition coefficient (Wildman–Crippen LogP) is 1.74. The predicted molar refractivity (Wildman–Crippen MR) is 85.9 cm³/mol. The van der Waals surface area contributed by atoms with Gasteiger partial charge in [-0.25, -0.2) is 12.9 Å². The van der Waals surface area contributed by atoms with E-state index in [9.17, 15) is 8.42 Å². The molecule has 0 amide bonds. The van der Waals surface area contributed by atoms with Crippen LogP contribution in [0.3, 0.4) is 0 Å². The van der Waals surface area contributed by atoms with Crippen LogP contribution in [0.2, 0.25) is 0 Å². The first kappa shape index (κ1) is 14.3. The molecular formula is C14H15N5O2S. The molecule has 0 saturated heterocycles. The van der Waals surface area contributed by atoms with Crippen LogP contribution >= 0.6 is 0 Å². The molecule has 0 spiro atoms. The largest absolute Gasteiger partial charge is 0.366 e. The van der Waals surface area contributed by atoms with E-state index in [1.54, 1.807) is 35.8 Å². The van der Waals surface area contributed by atoms with Crippen LogP contribution < -0.4 is 10.5 Å². The van der Waals surface area contributed by atoms with E-state index in [-0.39, 0.29) is 11.7 Å². The van der Waals surface area contributed by atoms with E-state index < -0.39 is 10.0 Å². The smallest absolute Gasteiger partial charge is 0.240 e. The minimum Gasteiger partial charge on any atom is -0.366 e. The van der Waals surface area contributed by atoms with Crippen molar-refractivity contribution in [2.45, 2.75) is 6.92 Å². The van der Waals surface area contributed by atoms with Crippen LogP contribution in [0.4, 0.5) is 11.6 Å². The number of nitrogens with one attached hydrogen (secondary N) is 1. The highest BCUT2D eigenvalue weighted by Gasteiger charge is 2.10. The van der Waals surface area contributed by atoms with Crippen molar-refractivity contribution in [1.29, 1.82) is 0 Å². The van der Waals surface area contributed by atoms with Crippen molar-refractivity contribution in [3.05, 3.63) is 42.6 Å². The third kappa shape index (κ3) is 2.73. The number of fused-ring (bicyclic) bond motifs is 1. The van der Waals surface area contributed by atoms with Crippen LogP contribution in [-0.4, -0.2) is 28.8 Å². The SMILES string of the molecule is CCS(=O)(=O)Nc1cccc(-c2cccn3nc(N)nc23)c1. The fourth-order valence-electron chi connectivity index (χ4n) is 2.15. The monoisotopic (exact) mass is 317 g/mol. The standard InChI is InChI=1S/C14H15N5O2S/c1-2-22(20,21)18-11-6-3-5-10(9-11)12-7-4-8-19-13(12)16-14(15)17-19/h3-9,18H,2H2,1H3,(H2,15,17). The van der Waals surface area contributed by atoms with Gasteiger partial charge in [-0.1, -0.05) is 12.1 Å². The number of pyridine rings is 1. The number of benzene rings is 1. The number of hydrogen-bond donors (Lipinski definition) is 2. The summed E-state index contributed by atoms with van der Waals surface area (Å²) in [5, 5.41) is 4.07. The second-order valence-corrected chi connectivity index (χ2v) is 6.76. The molecule has 0 bridgehead atoms. The summed E-state index contributed by atoms with van der Waals surface area (Å²) in [6, 6.07) is 10.8. The minimum absolute atomic E-state index is 0.0214. The van der Waals surface area contributed by atoms with Gasteiger partial charge in [-0.2, -0.15) is 4.98 Å². The molecule has 2 heterocycles. The Balaban J connectivity index is 2.08. The van der Waals surface area contributed by atoms with E-state index in [0.717, 1.165) is 11.1 Å². The topological polar surface area (TPSA) is 102 Å². The highest BCUT2D eigenvalue weighted by Crippen LogP contribution is 2.26. The van der Waals surface area contributed by atoms with E-state index in [4.69, 9.17) is 5.73 Å². The molecule has 0 aliphatic heterocycles. The van der Waals surface area contributed by atoms with Gasteiger partial charge in [0.25, 0.3) is 0 Å². The molecule has 0 saturated carbocycles. The van der Waals surface area contributed by atoms with Gasteiger partial charge < -0.3 is 5.73 Å². The van der Waals surface area contributed by atoms with Crippen LogP contribution in [0.1, 0.15) is 6.92 Å². The Hall–Kier alpha value is -2.61. The molecule has 0 unspecified atom stereocenters. The summed E-state index contributed by atoms with van der Waals surface area (Å²) >= 11 is 0. The Morgan fingerprint density at radius 3 is 2.86 bits per heavy atom. The molecule has 0 aliphatic carbocycles. The molecule has 7 nitrogen and oxygen atoms in total. The summed E-state index contributed by atoms with van der Waals surface area (Å²) in [7, 11) is -3.31. The van der Waals surface area contributed by atoms with Crippen molar-refractivity contribution < 1.29 is 8.42 Å². The first-order valence-electron chi connectivity index (χ1n) is 6.70. The van der Waals surface area contributed by atoms with Gasteiger partial charge in [-0.15, -0.1) is 5.10 Å². The quantitative estimate of drug-likeness (QED) is 0.763. The molecule has 114 valence electrons. The first-order valence-corrected chi connectivity index (χ1v) is 8.35. The molecule has 0 atom stereocenters. The summed E-state index contributed by atoms with van der Waals surface area (Å²) in [6.45, 7) is 1.59. The van der Waals surface area contributed by atoms with Gasteiger partial charge in [0, 0.05) is 17.4 Å². The summed E-state index contributed by atoms with van der Waals surface area (Å²) in [5.41, 5.74) is 8.41. The van der Waals surface area contributed by atoms with E-state index >= 15 is 0 Å². The number of sulfonamides is 1. The van der Waals surface area contributed by atoms with Crippen LogP contribution in [0.15, 0.2) is 42.6 Å². The van der Waals surface area contributed by atoms with Crippen molar-refractivity contribution in [1.82, 2.24) is 14.6 Å². The molecule has 3 aromatic rings. The zero-order chi connectivity index (χ0) is 15.7. The van der Waals surface area contributed by atoms with E-state index in [2.05, 4.69) is 14.8 Å². The maximum Gasteiger partial charge on any atom is 0.240 e. The average molecular weight is 317 g/mol. The van der Waals surface area contributed by atoms with Gasteiger partial charge in [-0.3, -0.25) is 4.72 Å². The van der Waals surface area contributed by atoms with Gasteiger partial charge in [0.2, 0.25) is 16.0 Å². The molecule has 3 N–H and O–H groups in total. The van der Waals surface area contributed by atoms with Gasteiger partial charge in [-0.05, 0) is 36.8 Å². The van der Waals surface area contributed by atoms with Crippen molar-refractivity contribution >= 4 is 27.3 Å². The molecule has 1 aromatic carbocycles. The Kier molecular flexibility index (Phi) is 3.45. The van der Waals surface area contributed by atoms with E-state index in [1.165, 1.54) is 0 Å². The van der Waals surface area contributed by atoms with Crippen LogP contribution in [-0.2, 0) is 10.0 Å². The van der Waals surface area contributed by atoms with Crippen molar-refractivity contribution in [3.8, 4) is 11.1 Å². The number of anilines is 2. The van der Waals surface area contributed by atoms with Gasteiger partial charge >= 0.3 is 0 Å². The third-order valence-corrected chi connectivity index (χ3v) is 4.51. The number of rotatable bonds is 4. The lowest BCUT2D eigenvalue weighted by atomic mass is 10.1. The Morgan fingerprint density at radius 2 is 2.09 bits per heavy atom. The van der Waals surface area contributed by atoms with Crippen LogP contribution in [0.5, 0.6) is 0 Å². The van der Waals surface area contributed by atoms with Crippen LogP contribution in [0, 0.1) is 0 Å². The molecule has 0 radical (unpaired) electrons. The summed E-state index contributed by atoms with van der Waals surface area (Å²) in [5.74, 6) is 0.211. The maximum atomic E-state index is 11.7. The van der Waals surface area contributed by atoms with Gasteiger partial charge in [0.15, 0.2) is 5.65 Å². The fraction of sp³-hybridized carbons (Fsp3) is 0.143. The molecule has 22 heavy (non-hydrogen) atoms. The Morgan fingerprint density at radius 1 is 1.27 bits per heavy atom. The molecule has 3 rings (SSSR count). The lowest BCUT2D eigenvalue weighted by Crippen LogP contribution is -2.14. The molecule has 0 fully saturated rings. The Bertz CT molecular complexity index is 933. The van der Waals surface area contributed by atoms with Gasteiger partial charge in [0.1, 0.15) is 0 Å². The summed E-state index contributed by atoms with van der Waals surface area (Å²) < 4.78 is 27.5. The highest BCUT2D eigenvalue weighted by molar-refractivity contribution is 7.92. The Labute approximate surface area is 127 Å². The number of hydrogen-bond acceptors (Lipinski definition) is 5. The second-order valence-electron chi connectivity index (χ2n) is 4.75. The maximum absolute atomic E-state index is 11.7. The number of nitrogens with two attached hydrogens (primary N) is 1. The summed E-state index contributed by atoms with van der Waals surface area (Å²) in [6.07, 6.45) is 1.76. The van der Waals surface area contributed by atoms with E-state index in [1.807, 2.05) is 18.2 Å². The van der Waals surface area contributed by atoms with Crippen LogP contribution in [0.25, 0.3) is 16.8 Å². The van der Waals surface area contributed by atoms with Crippen molar-refractivity contribution in [2.24, 2.45) is 0 Å². The minimum atomic E-state index is -3.31. The third-order valence-electron chi connectivity index (χ3n) is 3.21. The summed E-state index contributed by atoms with van der Waals surface area (Å²) in [4.78, 5) is 4.20. The zero-order valence-corrected chi connectivity index (χ0v) is 12.7. The number of nitrogens with zero attached hydrogens (tertiary/aromatic N) is 3. The lowest BCUT2D eigenvalue weighted by Gasteiger charge is -2.08. The molecular weight excluding hydrogens is 302 g/mol. The molecule has 8 heteroatoms. The fourth-order valence-corrected chi connectivity index (χ4v) is 2.78. The zero-order valence-electron chi connectivity index (χ0n) is 11.9. The average Bonchev–Trinajstić information content (AvgIpc) is 2.87. The normalized spacial score (nSPS) is 11.7. The number of nitrogen functional groups attached to an aromatic ring is 1. The molecule has 0 aliphatic rings. The highest BCUT2D eigenvalue weighted by atomic mass is 32.2. The lowest BCUT2D eigenvalue weighted by molar-refractivity contribution is 0.602. The van der Waals surface area contributed by atoms with Gasteiger partial charge in [0.05, 0.1) is 5.75 Å². The van der Waals surface area contributed by atoms with Crippen molar-refractivity contribution in [2.75, 3.05) is 16.2 Å². The number of aromatic nitrogens is 3. The van der Waals surface area contributed by atoms with Crippen molar-refractivity contribution in [3.63, 3.8) is 0 Å².